The maximum Gasteiger partial charge on any atom is 0.206 e. The highest BCUT2D eigenvalue weighted by atomic mass is 35.5. The van der Waals surface area contributed by atoms with Gasteiger partial charge in [-0.3, -0.25) is 4.79 Å². The van der Waals surface area contributed by atoms with E-state index in [1.54, 1.807) is 12.1 Å². The van der Waals surface area contributed by atoms with Gasteiger partial charge in [0.2, 0.25) is 5.78 Å². The molecule has 0 fully saturated rings. The number of rotatable bonds is 2. The van der Waals surface area contributed by atoms with Crippen molar-refractivity contribution in [2.24, 2.45) is 0 Å². The molecule has 2 heterocycles. The van der Waals surface area contributed by atoms with Gasteiger partial charge in [0.1, 0.15) is 6.33 Å². The predicted octanol–water partition coefficient (Wildman–Crippen LogP) is 2.42. The summed E-state index contributed by atoms with van der Waals surface area (Å²) in [7, 11) is 0. The smallest absolute Gasteiger partial charge is 0.206 e. The SMILES string of the molecule is O=C(c1cncnc1)c1ccc(Cl)s1. The Labute approximate surface area is 89.4 Å². The lowest BCUT2D eigenvalue weighted by Gasteiger charge is -1.94. The monoisotopic (exact) mass is 224 g/mol. The molecule has 2 aromatic heterocycles. The number of carbonyl (C=O) groups is 1. The van der Waals surface area contributed by atoms with Crippen molar-refractivity contribution < 1.29 is 4.79 Å². The molecule has 0 aromatic carbocycles. The van der Waals surface area contributed by atoms with Gasteiger partial charge in [-0.1, -0.05) is 11.6 Å². The number of thiophene rings is 1. The van der Waals surface area contributed by atoms with Gasteiger partial charge in [-0.05, 0) is 12.1 Å². The maximum atomic E-state index is 11.7. The summed E-state index contributed by atoms with van der Waals surface area (Å²) in [4.78, 5) is 19.9. The molecule has 2 aromatic rings. The van der Waals surface area contributed by atoms with E-state index in [0.29, 0.717) is 14.8 Å². The minimum Gasteiger partial charge on any atom is -0.288 e. The van der Waals surface area contributed by atoms with E-state index in [0.717, 1.165) is 0 Å². The van der Waals surface area contributed by atoms with E-state index in [1.165, 1.54) is 30.1 Å². The van der Waals surface area contributed by atoms with Crippen molar-refractivity contribution in [2.45, 2.75) is 0 Å². The number of hydrogen-bond donors (Lipinski definition) is 0. The first-order chi connectivity index (χ1) is 6.77. The zero-order valence-electron chi connectivity index (χ0n) is 6.98. The van der Waals surface area contributed by atoms with Crippen LogP contribution in [-0.4, -0.2) is 15.8 Å². The number of ketones is 1. The molecule has 0 aliphatic carbocycles. The highest BCUT2D eigenvalue weighted by molar-refractivity contribution is 7.18. The van der Waals surface area contributed by atoms with Crippen LogP contribution in [0.1, 0.15) is 15.2 Å². The van der Waals surface area contributed by atoms with Crippen molar-refractivity contribution in [2.75, 3.05) is 0 Å². The molecule has 0 bridgehead atoms. The summed E-state index contributed by atoms with van der Waals surface area (Å²) in [6.07, 6.45) is 4.37. The number of carbonyl (C=O) groups excluding carboxylic acids is 1. The molecule has 2 rings (SSSR count). The topological polar surface area (TPSA) is 42.9 Å². The number of aromatic nitrogens is 2. The van der Waals surface area contributed by atoms with Crippen LogP contribution in [0.15, 0.2) is 30.9 Å². The Kier molecular flexibility index (Phi) is 2.56. The molecule has 0 radical (unpaired) electrons. The van der Waals surface area contributed by atoms with Gasteiger partial charge in [0.15, 0.2) is 0 Å². The second-order valence-electron chi connectivity index (χ2n) is 2.56. The highest BCUT2D eigenvalue weighted by Gasteiger charge is 2.11. The van der Waals surface area contributed by atoms with Gasteiger partial charge < -0.3 is 0 Å². The van der Waals surface area contributed by atoms with Gasteiger partial charge in [0.05, 0.1) is 14.8 Å². The van der Waals surface area contributed by atoms with Crippen LogP contribution in [0.3, 0.4) is 0 Å². The zero-order valence-corrected chi connectivity index (χ0v) is 8.55. The first-order valence-corrected chi connectivity index (χ1v) is 5.02. The molecule has 0 N–H and O–H groups in total. The van der Waals surface area contributed by atoms with Crippen molar-refractivity contribution in [3.63, 3.8) is 0 Å². The molecule has 0 saturated heterocycles. The van der Waals surface area contributed by atoms with Crippen molar-refractivity contribution in [1.29, 1.82) is 0 Å². The van der Waals surface area contributed by atoms with E-state index in [4.69, 9.17) is 11.6 Å². The Morgan fingerprint density at radius 2 is 2.00 bits per heavy atom. The predicted molar refractivity (Wildman–Crippen MR) is 54.8 cm³/mol. The Morgan fingerprint density at radius 3 is 2.57 bits per heavy atom. The highest BCUT2D eigenvalue weighted by Crippen LogP contribution is 2.23. The molecule has 0 unspecified atom stereocenters. The Bertz CT molecular complexity index is 455. The summed E-state index contributed by atoms with van der Waals surface area (Å²) in [5, 5.41) is 0. The fourth-order valence-electron chi connectivity index (χ4n) is 0.995. The third-order valence-electron chi connectivity index (χ3n) is 1.62. The lowest BCUT2D eigenvalue weighted by atomic mass is 10.2. The molecule has 5 heteroatoms. The minimum atomic E-state index is -0.0949. The van der Waals surface area contributed by atoms with Gasteiger partial charge in [-0.15, -0.1) is 11.3 Å². The fourth-order valence-corrected chi connectivity index (χ4v) is 2.00. The third kappa shape index (κ3) is 1.81. The van der Waals surface area contributed by atoms with Crippen LogP contribution in [0.2, 0.25) is 4.34 Å². The number of nitrogens with zero attached hydrogens (tertiary/aromatic N) is 2. The lowest BCUT2D eigenvalue weighted by Crippen LogP contribution is -1.99. The van der Waals surface area contributed by atoms with Crippen LogP contribution in [0.4, 0.5) is 0 Å². The lowest BCUT2D eigenvalue weighted by molar-refractivity contribution is 0.104. The molecule has 0 aliphatic rings. The zero-order chi connectivity index (χ0) is 9.97. The molecule has 70 valence electrons. The first-order valence-electron chi connectivity index (χ1n) is 3.82. The molecule has 0 saturated carbocycles. The Balaban J connectivity index is 2.34. The second-order valence-corrected chi connectivity index (χ2v) is 4.28. The largest absolute Gasteiger partial charge is 0.288 e. The minimum absolute atomic E-state index is 0.0949. The van der Waals surface area contributed by atoms with E-state index in [-0.39, 0.29) is 5.78 Å². The van der Waals surface area contributed by atoms with Crippen molar-refractivity contribution in [3.8, 4) is 0 Å². The van der Waals surface area contributed by atoms with E-state index in [1.807, 2.05) is 0 Å². The van der Waals surface area contributed by atoms with Crippen LogP contribution >= 0.6 is 22.9 Å². The molecule has 3 nitrogen and oxygen atoms in total. The van der Waals surface area contributed by atoms with Crippen molar-refractivity contribution >= 4 is 28.7 Å². The maximum absolute atomic E-state index is 11.7. The molecule has 0 amide bonds. The van der Waals surface area contributed by atoms with E-state index < -0.39 is 0 Å². The number of halogens is 1. The summed E-state index contributed by atoms with van der Waals surface area (Å²) >= 11 is 6.98. The summed E-state index contributed by atoms with van der Waals surface area (Å²) in [5.41, 5.74) is 0.478. The summed E-state index contributed by atoms with van der Waals surface area (Å²) in [6, 6.07) is 3.39. The van der Waals surface area contributed by atoms with Gasteiger partial charge in [-0.25, -0.2) is 9.97 Å². The fraction of sp³-hybridized carbons (Fsp3) is 0. The molecule has 0 atom stereocenters. The van der Waals surface area contributed by atoms with Crippen LogP contribution < -0.4 is 0 Å². The molecule has 14 heavy (non-hydrogen) atoms. The van der Waals surface area contributed by atoms with Crippen LogP contribution in [-0.2, 0) is 0 Å². The molecule has 0 spiro atoms. The Morgan fingerprint density at radius 1 is 1.29 bits per heavy atom. The van der Waals surface area contributed by atoms with Crippen LogP contribution in [0.5, 0.6) is 0 Å². The summed E-state index contributed by atoms with van der Waals surface area (Å²) < 4.78 is 0.602. The quantitative estimate of drug-likeness (QED) is 0.736. The second kappa shape index (κ2) is 3.86. The van der Waals surface area contributed by atoms with Gasteiger partial charge in [-0.2, -0.15) is 0 Å². The summed E-state index contributed by atoms with van der Waals surface area (Å²) in [6.45, 7) is 0. The molecular weight excluding hydrogens is 220 g/mol. The third-order valence-corrected chi connectivity index (χ3v) is 2.85. The number of hydrogen-bond acceptors (Lipinski definition) is 4. The average Bonchev–Trinajstić information content (AvgIpc) is 2.65. The average molecular weight is 225 g/mol. The van der Waals surface area contributed by atoms with Gasteiger partial charge in [0.25, 0.3) is 0 Å². The van der Waals surface area contributed by atoms with Crippen LogP contribution in [0.25, 0.3) is 0 Å². The van der Waals surface area contributed by atoms with Crippen LogP contribution in [0, 0.1) is 0 Å². The normalized spacial score (nSPS) is 10.1. The molecule has 0 aliphatic heterocycles. The van der Waals surface area contributed by atoms with Gasteiger partial charge in [0, 0.05) is 12.4 Å². The molecular formula is C9H5ClN2OS. The van der Waals surface area contributed by atoms with E-state index >= 15 is 0 Å². The van der Waals surface area contributed by atoms with Gasteiger partial charge >= 0.3 is 0 Å². The van der Waals surface area contributed by atoms with Crippen molar-refractivity contribution in [1.82, 2.24) is 9.97 Å². The summed E-state index contributed by atoms with van der Waals surface area (Å²) in [5.74, 6) is -0.0949. The standard InChI is InChI=1S/C9H5ClN2OS/c10-8-2-1-7(14-8)9(13)6-3-11-5-12-4-6/h1-5H. The van der Waals surface area contributed by atoms with E-state index in [2.05, 4.69) is 9.97 Å². The van der Waals surface area contributed by atoms with Crippen molar-refractivity contribution in [3.05, 3.63) is 45.6 Å². The Hall–Kier alpha value is -1.26. The van der Waals surface area contributed by atoms with E-state index in [9.17, 15) is 4.79 Å². The first kappa shape index (κ1) is 9.30.